The number of carbonyl (C=O) groups is 1. The predicted molar refractivity (Wildman–Crippen MR) is 110 cm³/mol. The second-order valence-electron chi connectivity index (χ2n) is 6.92. The zero-order chi connectivity index (χ0) is 20.4. The van der Waals surface area contributed by atoms with Gasteiger partial charge in [-0.2, -0.15) is 5.10 Å². The fourth-order valence-electron chi connectivity index (χ4n) is 3.21. The van der Waals surface area contributed by atoms with Crippen LogP contribution in [0.25, 0.3) is 22.3 Å². The molecule has 1 amide bonds. The van der Waals surface area contributed by atoms with E-state index in [4.69, 9.17) is 16.6 Å². The van der Waals surface area contributed by atoms with Crippen LogP contribution in [0.5, 0.6) is 0 Å². The first kappa shape index (κ1) is 20.1. The van der Waals surface area contributed by atoms with E-state index in [9.17, 15) is 9.90 Å². The summed E-state index contributed by atoms with van der Waals surface area (Å²) in [4.78, 5) is 16.1. The van der Waals surface area contributed by atoms with E-state index >= 15 is 0 Å². The van der Waals surface area contributed by atoms with Gasteiger partial charge in [0.2, 0.25) is 0 Å². The van der Waals surface area contributed by atoms with Gasteiger partial charge in [-0.1, -0.05) is 29.8 Å². The first-order valence-electron chi connectivity index (χ1n) is 9.16. The molecule has 3 rings (SSSR count). The Morgan fingerprint density at radius 3 is 2.71 bits per heavy atom. The quantitative estimate of drug-likeness (QED) is 0.607. The lowest BCUT2D eigenvalue weighted by Crippen LogP contribution is -2.42. The normalized spacial score (nSPS) is 11.5. The van der Waals surface area contributed by atoms with Gasteiger partial charge in [0.15, 0.2) is 5.65 Å². The molecule has 2 heterocycles. The highest BCUT2D eigenvalue weighted by atomic mass is 35.5. The van der Waals surface area contributed by atoms with Gasteiger partial charge in [-0.15, -0.1) is 0 Å². The maximum absolute atomic E-state index is 11.3. The van der Waals surface area contributed by atoms with E-state index < -0.39 is 6.09 Å². The molecular formula is C20H24ClN5O2. The summed E-state index contributed by atoms with van der Waals surface area (Å²) >= 11 is 6.48. The van der Waals surface area contributed by atoms with Crippen molar-refractivity contribution in [2.45, 2.75) is 33.4 Å². The number of hydrogen-bond acceptors (Lipinski definition) is 4. The molecule has 0 aliphatic rings. The number of pyridine rings is 1. The number of hydrazine groups is 1. The minimum atomic E-state index is -0.970. The molecule has 0 aliphatic carbocycles. The smallest absolute Gasteiger partial charge is 0.421 e. The summed E-state index contributed by atoms with van der Waals surface area (Å²) in [7, 11) is 1.76. The molecule has 1 aromatic carbocycles. The number of nitrogens with zero attached hydrogens (tertiary/aromatic N) is 5. The average molecular weight is 402 g/mol. The van der Waals surface area contributed by atoms with Crippen LogP contribution in [0.1, 0.15) is 32.4 Å². The summed E-state index contributed by atoms with van der Waals surface area (Å²) in [5, 5.41) is 18.1. The predicted octanol–water partition coefficient (Wildman–Crippen LogP) is 4.68. The molecule has 2 aromatic heterocycles. The zero-order valence-corrected chi connectivity index (χ0v) is 17.2. The van der Waals surface area contributed by atoms with Crippen LogP contribution >= 0.6 is 11.6 Å². The summed E-state index contributed by atoms with van der Waals surface area (Å²) in [6.45, 7) is 6.76. The van der Waals surface area contributed by atoms with Crippen molar-refractivity contribution in [3.63, 3.8) is 0 Å². The van der Waals surface area contributed by atoms with Crippen molar-refractivity contribution in [1.29, 1.82) is 0 Å². The van der Waals surface area contributed by atoms with E-state index in [1.807, 2.05) is 48.9 Å². The Morgan fingerprint density at radius 1 is 1.32 bits per heavy atom. The van der Waals surface area contributed by atoms with E-state index in [0.717, 1.165) is 27.9 Å². The number of hydrogen-bond donors (Lipinski definition) is 1. The van der Waals surface area contributed by atoms with Crippen LogP contribution in [0, 0.1) is 0 Å². The Morgan fingerprint density at radius 2 is 2.07 bits per heavy atom. The minimum Gasteiger partial charge on any atom is -0.464 e. The number of amides is 1. The third-order valence-corrected chi connectivity index (χ3v) is 4.88. The topological polar surface area (TPSA) is 74.5 Å². The average Bonchev–Trinajstić information content (AvgIpc) is 3.07. The highest BCUT2D eigenvalue weighted by Crippen LogP contribution is 2.29. The Balaban J connectivity index is 1.96. The van der Waals surface area contributed by atoms with Gasteiger partial charge in [0.05, 0.1) is 22.3 Å². The van der Waals surface area contributed by atoms with E-state index in [2.05, 4.69) is 5.10 Å². The summed E-state index contributed by atoms with van der Waals surface area (Å²) in [6.07, 6.45) is 0.771. The highest BCUT2D eigenvalue weighted by Gasteiger charge is 2.16. The lowest BCUT2D eigenvalue weighted by molar-refractivity contribution is 0.00954. The van der Waals surface area contributed by atoms with Crippen LogP contribution in [0.15, 0.2) is 36.5 Å². The fourth-order valence-corrected chi connectivity index (χ4v) is 3.44. The van der Waals surface area contributed by atoms with Crippen LogP contribution in [0.2, 0.25) is 5.02 Å². The van der Waals surface area contributed by atoms with E-state index in [0.29, 0.717) is 18.1 Å². The molecule has 0 atom stereocenters. The van der Waals surface area contributed by atoms with Crippen LogP contribution in [0.4, 0.5) is 4.79 Å². The lowest BCUT2D eigenvalue weighted by atomic mass is 10.1. The third-order valence-electron chi connectivity index (χ3n) is 4.57. The van der Waals surface area contributed by atoms with Gasteiger partial charge in [-0.05, 0) is 38.5 Å². The number of halogens is 1. The van der Waals surface area contributed by atoms with Crippen molar-refractivity contribution in [2.75, 3.05) is 13.6 Å². The van der Waals surface area contributed by atoms with Crippen molar-refractivity contribution in [1.82, 2.24) is 24.8 Å². The molecule has 7 nitrogen and oxygen atoms in total. The molecule has 0 radical (unpaired) electrons. The second kappa shape index (κ2) is 8.16. The van der Waals surface area contributed by atoms with E-state index in [-0.39, 0.29) is 6.04 Å². The summed E-state index contributed by atoms with van der Waals surface area (Å²) in [6, 6.07) is 9.90. The van der Waals surface area contributed by atoms with Gasteiger partial charge in [0.1, 0.15) is 0 Å². The van der Waals surface area contributed by atoms with Crippen LogP contribution < -0.4 is 0 Å². The number of carboxylic acid groups (broad SMARTS) is 1. The number of fused-ring (bicyclic) bond motifs is 1. The Labute approximate surface area is 169 Å². The largest absolute Gasteiger partial charge is 0.464 e. The lowest BCUT2D eigenvalue weighted by Gasteiger charge is -2.28. The molecule has 8 heteroatoms. The molecule has 148 valence electrons. The standard InChI is InChI=1S/C20H24ClN5O2/c1-5-25(20(27)28)24(4)12-14-7-6-8-15(9-14)18-10-17(21)16-11-22-26(13(2)3)19(16)23-18/h6-11,13H,5,12H2,1-4H3,(H,27,28). The Hall–Kier alpha value is -2.64. The van der Waals surface area contributed by atoms with E-state index in [1.54, 1.807) is 25.2 Å². The summed E-state index contributed by atoms with van der Waals surface area (Å²) < 4.78 is 1.86. The maximum Gasteiger partial charge on any atom is 0.421 e. The van der Waals surface area contributed by atoms with Gasteiger partial charge in [0.25, 0.3) is 0 Å². The molecule has 3 aromatic rings. The van der Waals surface area contributed by atoms with Crippen molar-refractivity contribution < 1.29 is 9.90 Å². The number of aromatic nitrogens is 3. The van der Waals surface area contributed by atoms with Crippen molar-refractivity contribution in [3.8, 4) is 11.3 Å². The van der Waals surface area contributed by atoms with Crippen LogP contribution in [0.3, 0.4) is 0 Å². The zero-order valence-electron chi connectivity index (χ0n) is 16.4. The van der Waals surface area contributed by atoms with E-state index in [1.165, 1.54) is 5.01 Å². The van der Waals surface area contributed by atoms with Gasteiger partial charge < -0.3 is 5.11 Å². The van der Waals surface area contributed by atoms with Crippen LogP contribution in [-0.4, -0.2) is 49.6 Å². The maximum atomic E-state index is 11.3. The molecule has 0 aliphatic heterocycles. The Bertz CT molecular complexity index is 1000. The van der Waals surface area contributed by atoms with Gasteiger partial charge in [0, 0.05) is 31.7 Å². The number of benzene rings is 1. The first-order chi connectivity index (χ1) is 13.3. The van der Waals surface area contributed by atoms with Crippen molar-refractivity contribution in [2.24, 2.45) is 0 Å². The molecule has 28 heavy (non-hydrogen) atoms. The highest BCUT2D eigenvalue weighted by molar-refractivity contribution is 6.35. The SMILES string of the molecule is CCN(C(=O)O)N(C)Cc1cccc(-c2cc(Cl)c3cnn(C(C)C)c3n2)c1. The molecule has 0 spiro atoms. The molecule has 1 N–H and O–H groups in total. The molecule has 0 saturated heterocycles. The summed E-state index contributed by atoms with van der Waals surface area (Å²) in [5.41, 5.74) is 3.41. The molecule has 0 bridgehead atoms. The molecule has 0 fully saturated rings. The summed E-state index contributed by atoms with van der Waals surface area (Å²) in [5.74, 6) is 0. The third kappa shape index (κ3) is 3.95. The van der Waals surface area contributed by atoms with Gasteiger partial charge >= 0.3 is 6.09 Å². The van der Waals surface area contributed by atoms with Crippen molar-refractivity contribution in [3.05, 3.63) is 47.1 Å². The first-order valence-corrected chi connectivity index (χ1v) is 9.54. The Kier molecular flexibility index (Phi) is 5.86. The van der Waals surface area contributed by atoms with Crippen LogP contribution in [-0.2, 0) is 6.54 Å². The molecular weight excluding hydrogens is 378 g/mol. The van der Waals surface area contributed by atoms with Gasteiger partial charge in [-0.25, -0.2) is 24.5 Å². The molecule has 0 saturated carbocycles. The fraction of sp³-hybridized carbons (Fsp3) is 0.350. The molecule has 0 unspecified atom stereocenters. The van der Waals surface area contributed by atoms with Gasteiger partial charge in [-0.3, -0.25) is 0 Å². The second-order valence-corrected chi connectivity index (χ2v) is 7.33. The van der Waals surface area contributed by atoms with Crippen molar-refractivity contribution >= 4 is 28.7 Å². The minimum absolute atomic E-state index is 0.173. The monoisotopic (exact) mass is 401 g/mol. The number of rotatable bonds is 6.